The molecular formula is C11H24N2O2. The normalized spacial score (nSPS) is 15.1. The van der Waals surface area contributed by atoms with Crippen LogP contribution < -0.4 is 11.1 Å². The first-order valence-corrected chi connectivity index (χ1v) is 5.68. The minimum absolute atomic E-state index is 0.119. The molecule has 0 aromatic heterocycles. The number of nitrogens with one attached hydrogen (secondary N) is 1. The number of carbonyl (C=O) groups is 1. The zero-order chi connectivity index (χ0) is 11.8. The van der Waals surface area contributed by atoms with Crippen molar-refractivity contribution < 1.29 is 9.90 Å². The third kappa shape index (κ3) is 7.33. The van der Waals surface area contributed by atoms with E-state index in [0.717, 1.165) is 0 Å². The Labute approximate surface area is 92.2 Å². The smallest absolute Gasteiger partial charge is 0.236 e. The van der Waals surface area contributed by atoms with Gasteiger partial charge in [0.25, 0.3) is 0 Å². The number of hydrogen-bond acceptors (Lipinski definition) is 3. The van der Waals surface area contributed by atoms with Gasteiger partial charge in [-0.1, -0.05) is 20.8 Å². The lowest BCUT2D eigenvalue weighted by molar-refractivity contribution is -0.122. The molecule has 4 heteroatoms. The lowest BCUT2D eigenvalue weighted by Gasteiger charge is -2.15. The molecule has 0 aromatic carbocycles. The highest BCUT2D eigenvalue weighted by Crippen LogP contribution is 2.02. The Kier molecular flexibility index (Phi) is 7.34. The molecule has 1 unspecified atom stereocenters. The van der Waals surface area contributed by atoms with Gasteiger partial charge in [0.05, 0.1) is 12.1 Å². The van der Waals surface area contributed by atoms with Crippen LogP contribution >= 0.6 is 0 Å². The van der Waals surface area contributed by atoms with E-state index < -0.39 is 6.04 Å². The fraction of sp³-hybridized carbons (Fsp3) is 0.909. The molecule has 0 saturated heterocycles. The number of amides is 1. The maximum atomic E-state index is 11.4. The minimum Gasteiger partial charge on any atom is -0.393 e. The van der Waals surface area contributed by atoms with E-state index >= 15 is 0 Å². The fourth-order valence-corrected chi connectivity index (χ4v) is 1.31. The van der Waals surface area contributed by atoms with Crippen LogP contribution in [-0.2, 0) is 4.79 Å². The van der Waals surface area contributed by atoms with Crippen LogP contribution in [0.15, 0.2) is 0 Å². The third-order valence-corrected chi connectivity index (χ3v) is 2.31. The van der Waals surface area contributed by atoms with Gasteiger partial charge in [-0.25, -0.2) is 0 Å². The molecule has 4 nitrogen and oxygen atoms in total. The van der Waals surface area contributed by atoms with Crippen LogP contribution in [0.4, 0.5) is 0 Å². The maximum Gasteiger partial charge on any atom is 0.236 e. The van der Waals surface area contributed by atoms with Gasteiger partial charge in [0.2, 0.25) is 5.91 Å². The van der Waals surface area contributed by atoms with E-state index in [4.69, 9.17) is 5.73 Å². The Hall–Kier alpha value is -0.610. The molecule has 0 bridgehead atoms. The largest absolute Gasteiger partial charge is 0.393 e. The van der Waals surface area contributed by atoms with Crippen LogP contribution in [0.1, 0.15) is 40.0 Å². The minimum atomic E-state index is -0.427. The van der Waals surface area contributed by atoms with Crippen molar-refractivity contribution in [1.29, 1.82) is 0 Å². The summed E-state index contributed by atoms with van der Waals surface area (Å²) in [5.41, 5.74) is 5.69. The molecule has 0 aliphatic rings. The first-order chi connectivity index (χ1) is 6.97. The molecule has 0 fully saturated rings. The summed E-state index contributed by atoms with van der Waals surface area (Å²) in [6.45, 7) is 6.48. The number of nitrogens with two attached hydrogens (primary N) is 1. The SMILES string of the molecule is CCC(O)CCNC(=O)[C@H](N)CC(C)C. The number of carbonyl (C=O) groups excluding carboxylic acids is 1. The van der Waals surface area contributed by atoms with E-state index in [1.54, 1.807) is 0 Å². The highest BCUT2D eigenvalue weighted by molar-refractivity contribution is 5.81. The summed E-state index contributed by atoms with van der Waals surface area (Å²) in [5, 5.41) is 12.0. The summed E-state index contributed by atoms with van der Waals surface area (Å²) in [4.78, 5) is 11.4. The Balaban J connectivity index is 3.64. The highest BCUT2D eigenvalue weighted by atomic mass is 16.3. The second kappa shape index (κ2) is 7.65. The highest BCUT2D eigenvalue weighted by Gasteiger charge is 2.14. The molecule has 0 radical (unpaired) electrons. The van der Waals surface area contributed by atoms with Gasteiger partial charge in [-0.2, -0.15) is 0 Å². The predicted octanol–water partition coefficient (Wildman–Crippen LogP) is 0.637. The first kappa shape index (κ1) is 14.4. The Morgan fingerprint density at radius 3 is 2.53 bits per heavy atom. The van der Waals surface area contributed by atoms with Gasteiger partial charge in [-0.15, -0.1) is 0 Å². The van der Waals surface area contributed by atoms with E-state index in [9.17, 15) is 9.90 Å². The molecule has 1 amide bonds. The lowest BCUT2D eigenvalue weighted by atomic mass is 10.0. The summed E-state index contributed by atoms with van der Waals surface area (Å²) >= 11 is 0. The van der Waals surface area contributed by atoms with Crippen molar-refractivity contribution in [3.8, 4) is 0 Å². The van der Waals surface area contributed by atoms with E-state index in [1.165, 1.54) is 0 Å². The monoisotopic (exact) mass is 216 g/mol. The van der Waals surface area contributed by atoms with Crippen molar-refractivity contribution in [2.75, 3.05) is 6.54 Å². The average molecular weight is 216 g/mol. The molecule has 0 spiro atoms. The molecule has 0 heterocycles. The van der Waals surface area contributed by atoms with E-state index in [-0.39, 0.29) is 12.0 Å². The van der Waals surface area contributed by atoms with Crippen molar-refractivity contribution in [1.82, 2.24) is 5.32 Å². The summed E-state index contributed by atoms with van der Waals surface area (Å²) in [6.07, 6.45) is 1.68. The van der Waals surface area contributed by atoms with Crippen LogP contribution in [0, 0.1) is 5.92 Å². The maximum absolute atomic E-state index is 11.4. The van der Waals surface area contributed by atoms with Crippen LogP contribution in [0.3, 0.4) is 0 Å². The van der Waals surface area contributed by atoms with E-state index in [2.05, 4.69) is 5.32 Å². The molecule has 2 atom stereocenters. The van der Waals surface area contributed by atoms with E-state index in [0.29, 0.717) is 31.7 Å². The van der Waals surface area contributed by atoms with Crippen LogP contribution in [0.25, 0.3) is 0 Å². The van der Waals surface area contributed by atoms with Crippen molar-refractivity contribution in [2.45, 2.75) is 52.2 Å². The molecule has 15 heavy (non-hydrogen) atoms. The Morgan fingerprint density at radius 1 is 1.47 bits per heavy atom. The third-order valence-electron chi connectivity index (χ3n) is 2.31. The van der Waals surface area contributed by atoms with Gasteiger partial charge in [0, 0.05) is 6.54 Å². The molecule has 90 valence electrons. The zero-order valence-corrected chi connectivity index (χ0v) is 9.99. The van der Waals surface area contributed by atoms with Gasteiger partial charge >= 0.3 is 0 Å². The summed E-state index contributed by atoms with van der Waals surface area (Å²) < 4.78 is 0. The summed E-state index contributed by atoms with van der Waals surface area (Å²) in [5.74, 6) is 0.305. The second-order valence-electron chi connectivity index (χ2n) is 4.38. The van der Waals surface area contributed by atoms with Crippen molar-refractivity contribution in [2.24, 2.45) is 11.7 Å². The molecule has 0 saturated carbocycles. The lowest BCUT2D eigenvalue weighted by Crippen LogP contribution is -2.42. The van der Waals surface area contributed by atoms with Gasteiger partial charge in [0.15, 0.2) is 0 Å². The number of aliphatic hydroxyl groups is 1. The standard InChI is InChI=1S/C11H24N2O2/c1-4-9(14)5-6-13-11(15)10(12)7-8(2)3/h8-10,14H,4-7,12H2,1-3H3,(H,13,15)/t9?,10-/m1/s1. The van der Waals surface area contributed by atoms with Gasteiger partial charge in [0.1, 0.15) is 0 Å². The molecule has 0 aliphatic carbocycles. The molecule has 0 aliphatic heterocycles. The van der Waals surface area contributed by atoms with Crippen LogP contribution in [0.5, 0.6) is 0 Å². The number of rotatable bonds is 7. The van der Waals surface area contributed by atoms with Crippen molar-refractivity contribution >= 4 is 5.91 Å². The van der Waals surface area contributed by atoms with Crippen LogP contribution in [0.2, 0.25) is 0 Å². The second-order valence-corrected chi connectivity index (χ2v) is 4.38. The quantitative estimate of drug-likeness (QED) is 0.584. The number of aliphatic hydroxyl groups excluding tert-OH is 1. The van der Waals surface area contributed by atoms with Crippen LogP contribution in [-0.4, -0.2) is 29.7 Å². The molecule has 0 rings (SSSR count). The predicted molar refractivity (Wildman–Crippen MR) is 61.4 cm³/mol. The summed E-state index contributed by atoms with van der Waals surface area (Å²) in [6, 6.07) is -0.427. The molecular weight excluding hydrogens is 192 g/mol. The summed E-state index contributed by atoms with van der Waals surface area (Å²) in [7, 11) is 0. The fourth-order valence-electron chi connectivity index (χ4n) is 1.31. The zero-order valence-electron chi connectivity index (χ0n) is 9.99. The van der Waals surface area contributed by atoms with Crippen molar-refractivity contribution in [3.05, 3.63) is 0 Å². The first-order valence-electron chi connectivity index (χ1n) is 5.68. The average Bonchev–Trinajstić information content (AvgIpc) is 2.16. The van der Waals surface area contributed by atoms with Gasteiger partial charge in [-0.3, -0.25) is 4.79 Å². The molecule has 0 aromatic rings. The van der Waals surface area contributed by atoms with Gasteiger partial charge in [-0.05, 0) is 25.2 Å². The number of hydrogen-bond donors (Lipinski definition) is 3. The Morgan fingerprint density at radius 2 is 2.07 bits per heavy atom. The van der Waals surface area contributed by atoms with Crippen molar-refractivity contribution in [3.63, 3.8) is 0 Å². The Bertz CT molecular complexity index is 183. The molecule has 4 N–H and O–H groups in total. The van der Waals surface area contributed by atoms with Gasteiger partial charge < -0.3 is 16.2 Å². The van der Waals surface area contributed by atoms with E-state index in [1.807, 2.05) is 20.8 Å². The topological polar surface area (TPSA) is 75.3 Å².